The van der Waals surface area contributed by atoms with E-state index in [2.05, 4.69) is 10.6 Å². The average molecular weight is 346 g/mol. The molecule has 0 aliphatic carbocycles. The molecule has 5 nitrogen and oxygen atoms in total. The summed E-state index contributed by atoms with van der Waals surface area (Å²) < 4.78 is 14.4. The fraction of sp³-hybridized carbons (Fsp3) is 0.429. The number of nitrogens with zero attached hydrogens (tertiary/aromatic N) is 1. The Bertz CT molecular complexity index is 600. The van der Waals surface area contributed by atoms with Crippen LogP contribution in [0, 0.1) is 5.82 Å². The Balaban J connectivity index is 0.00000176. The van der Waals surface area contributed by atoms with E-state index in [1.54, 1.807) is 6.07 Å². The van der Waals surface area contributed by atoms with E-state index in [0.717, 1.165) is 12.1 Å². The van der Waals surface area contributed by atoms with Crippen molar-refractivity contribution < 1.29 is 14.0 Å². The van der Waals surface area contributed by atoms with Gasteiger partial charge < -0.3 is 15.5 Å². The molecule has 1 saturated heterocycles. The summed E-state index contributed by atoms with van der Waals surface area (Å²) in [7, 11) is 0. The standard InChI is InChI=1S/C14H16FN3O2S.ClH/c15-14-10-3-4-16-5-9(10)1-2-11(14)17-12(19)6-18-8-21-7-13(18)20;/h1-2,16H,3-8H2,(H,17,19);1H. The first-order valence-electron chi connectivity index (χ1n) is 6.81. The van der Waals surface area contributed by atoms with Crippen molar-refractivity contribution in [3.8, 4) is 0 Å². The third-order valence-electron chi connectivity index (χ3n) is 3.64. The third-order valence-corrected chi connectivity index (χ3v) is 4.59. The molecular weight excluding hydrogens is 329 g/mol. The molecule has 0 aromatic heterocycles. The Morgan fingerprint density at radius 3 is 3.00 bits per heavy atom. The summed E-state index contributed by atoms with van der Waals surface area (Å²) in [6.45, 7) is 1.37. The molecule has 120 valence electrons. The van der Waals surface area contributed by atoms with Gasteiger partial charge in [-0.15, -0.1) is 24.2 Å². The SMILES string of the molecule is Cl.O=C(CN1CSCC1=O)Nc1ccc2c(c1F)CCNC2. The molecule has 2 aliphatic rings. The molecule has 0 radical (unpaired) electrons. The van der Waals surface area contributed by atoms with Crippen LogP contribution >= 0.6 is 24.2 Å². The minimum absolute atomic E-state index is 0. The Hall–Kier alpha value is -1.31. The van der Waals surface area contributed by atoms with Gasteiger partial charge in [0.25, 0.3) is 0 Å². The van der Waals surface area contributed by atoms with E-state index in [-0.39, 0.29) is 42.3 Å². The van der Waals surface area contributed by atoms with Crippen molar-refractivity contribution in [3.05, 3.63) is 29.1 Å². The smallest absolute Gasteiger partial charge is 0.244 e. The summed E-state index contributed by atoms with van der Waals surface area (Å²) in [6.07, 6.45) is 0.617. The number of hydrogen-bond donors (Lipinski definition) is 2. The molecule has 8 heteroatoms. The van der Waals surface area contributed by atoms with E-state index in [1.165, 1.54) is 16.7 Å². The van der Waals surface area contributed by atoms with Crippen molar-refractivity contribution in [2.45, 2.75) is 13.0 Å². The second kappa shape index (κ2) is 7.30. The van der Waals surface area contributed by atoms with Gasteiger partial charge in [0.1, 0.15) is 12.4 Å². The van der Waals surface area contributed by atoms with E-state index >= 15 is 0 Å². The molecule has 1 fully saturated rings. The van der Waals surface area contributed by atoms with Gasteiger partial charge in [-0.25, -0.2) is 4.39 Å². The number of nitrogens with one attached hydrogen (secondary N) is 2. The number of carbonyl (C=O) groups excluding carboxylic acids is 2. The highest BCUT2D eigenvalue weighted by molar-refractivity contribution is 8.00. The van der Waals surface area contributed by atoms with E-state index in [0.29, 0.717) is 30.2 Å². The third kappa shape index (κ3) is 3.53. The maximum atomic E-state index is 14.4. The lowest BCUT2D eigenvalue weighted by molar-refractivity contribution is -0.130. The Morgan fingerprint density at radius 2 is 2.27 bits per heavy atom. The Morgan fingerprint density at radius 1 is 1.45 bits per heavy atom. The van der Waals surface area contributed by atoms with Gasteiger partial charge in [-0.05, 0) is 30.2 Å². The maximum Gasteiger partial charge on any atom is 0.244 e. The van der Waals surface area contributed by atoms with Crippen LogP contribution in [0.3, 0.4) is 0 Å². The molecule has 2 heterocycles. The molecule has 0 bridgehead atoms. The number of carbonyl (C=O) groups is 2. The van der Waals surface area contributed by atoms with Crippen LogP contribution in [0.2, 0.25) is 0 Å². The monoisotopic (exact) mass is 345 g/mol. The number of hydrogen-bond acceptors (Lipinski definition) is 4. The largest absolute Gasteiger partial charge is 0.323 e. The van der Waals surface area contributed by atoms with E-state index in [1.807, 2.05) is 6.07 Å². The van der Waals surface area contributed by atoms with Gasteiger partial charge >= 0.3 is 0 Å². The van der Waals surface area contributed by atoms with Crippen LogP contribution in [0.4, 0.5) is 10.1 Å². The lowest BCUT2D eigenvalue weighted by Gasteiger charge is -2.20. The second-order valence-corrected chi connectivity index (χ2v) is 6.06. The first-order chi connectivity index (χ1) is 10.1. The van der Waals surface area contributed by atoms with Crippen molar-refractivity contribution >= 4 is 41.7 Å². The number of rotatable bonds is 3. The highest BCUT2D eigenvalue weighted by Crippen LogP contribution is 2.24. The molecule has 2 aliphatic heterocycles. The molecule has 0 unspecified atom stereocenters. The van der Waals surface area contributed by atoms with Crippen molar-refractivity contribution in [2.24, 2.45) is 0 Å². The van der Waals surface area contributed by atoms with Crippen LogP contribution in [0.15, 0.2) is 12.1 Å². The summed E-state index contributed by atoms with van der Waals surface area (Å²) in [5.74, 6) is 0.160. The molecule has 2 amide bonds. The van der Waals surface area contributed by atoms with Crippen LogP contribution < -0.4 is 10.6 Å². The fourth-order valence-electron chi connectivity index (χ4n) is 2.53. The molecular formula is C14H17ClFN3O2S. The van der Waals surface area contributed by atoms with Crippen LogP contribution in [0.1, 0.15) is 11.1 Å². The number of thioether (sulfide) groups is 1. The highest BCUT2D eigenvalue weighted by Gasteiger charge is 2.24. The summed E-state index contributed by atoms with van der Waals surface area (Å²) >= 11 is 1.48. The zero-order valence-electron chi connectivity index (χ0n) is 11.9. The predicted molar refractivity (Wildman–Crippen MR) is 86.7 cm³/mol. The minimum atomic E-state index is -0.362. The summed E-state index contributed by atoms with van der Waals surface area (Å²) in [5.41, 5.74) is 1.79. The number of amides is 2. The van der Waals surface area contributed by atoms with Gasteiger partial charge in [-0.2, -0.15) is 0 Å². The highest BCUT2D eigenvalue weighted by atomic mass is 35.5. The average Bonchev–Trinajstić information content (AvgIpc) is 2.87. The van der Waals surface area contributed by atoms with Crippen LogP contribution in [0.5, 0.6) is 0 Å². The zero-order valence-corrected chi connectivity index (χ0v) is 13.5. The lowest BCUT2D eigenvalue weighted by Crippen LogP contribution is -2.34. The van der Waals surface area contributed by atoms with Crippen LogP contribution in [0.25, 0.3) is 0 Å². The molecule has 0 atom stereocenters. The fourth-order valence-corrected chi connectivity index (χ4v) is 3.44. The van der Waals surface area contributed by atoms with Crippen molar-refractivity contribution in [3.63, 3.8) is 0 Å². The Kier molecular flexibility index (Phi) is 5.66. The van der Waals surface area contributed by atoms with Gasteiger partial charge in [0.15, 0.2) is 0 Å². The number of fused-ring (bicyclic) bond motifs is 1. The number of anilines is 1. The predicted octanol–water partition coefficient (Wildman–Crippen LogP) is 1.36. The van der Waals surface area contributed by atoms with Crippen LogP contribution in [-0.4, -0.2) is 41.4 Å². The van der Waals surface area contributed by atoms with Gasteiger partial charge in [-0.1, -0.05) is 6.07 Å². The Labute approximate surface area is 138 Å². The van der Waals surface area contributed by atoms with Crippen molar-refractivity contribution in [2.75, 3.05) is 30.0 Å². The lowest BCUT2D eigenvalue weighted by atomic mass is 9.99. The first-order valence-corrected chi connectivity index (χ1v) is 7.97. The summed E-state index contributed by atoms with van der Waals surface area (Å²) in [6, 6.07) is 3.41. The molecule has 3 rings (SSSR count). The van der Waals surface area contributed by atoms with Gasteiger partial charge in [0.05, 0.1) is 17.3 Å². The number of halogens is 2. The van der Waals surface area contributed by atoms with Gasteiger partial charge in [0, 0.05) is 6.54 Å². The van der Waals surface area contributed by atoms with Crippen molar-refractivity contribution in [1.82, 2.24) is 10.2 Å². The second-order valence-electron chi connectivity index (χ2n) is 5.11. The van der Waals surface area contributed by atoms with Crippen molar-refractivity contribution in [1.29, 1.82) is 0 Å². The first kappa shape index (κ1) is 17.1. The minimum Gasteiger partial charge on any atom is -0.323 e. The van der Waals surface area contributed by atoms with E-state index in [4.69, 9.17) is 0 Å². The van der Waals surface area contributed by atoms with E-state index in [9.17, 15) is 14.0 Å². The van der Waals surface area contributed by atoms with Gasteiger partial charge in [0.2, 0.25) is 11.8 Å². The summed E-state index contributed by atoms with van der Waals surface area (Å²) in [4.78, 5) is 24.9. The summed E-state index contributed by atoms with van der Waals surface area (Å²) in [5, 5.41) is 5.75. The normalized spacial score (nSPS) is 17.0. The quantitative estimate of drug-likeness (QED) is 0.868. The van der Waals surface area contributed by atoms with E-state index < -0.39 is 0 Å². The molecule has 22 heavy (non-hydrogen) atoms. The molecule has 2 N–H and O–H groups in total. The van der Waals surface area contributed by atoms with Crippen LogP contribution in [-0.2, 0) is 22.6 Å². The molecule has 1 aromatic rings. The number of benzene rings is 1. The topological polar surface area (TPSA) is 61.4 Å². The van der Waals surface area contributed by atoms with Gasteiger partial charge in [-0.3, -0.25) is 9.59 Å². The maximum absolute atomic E-state index is 14.4. The zero-order chi connectivity index (χ0) is 14.8. The molecule has 0 saturated carbocycles. The molecule has 0 spiro atoms. The molecule has 1 aromatic carbocycles.